The van der Waals surface area contributed by atoms with Crippen molar-refractivity contribution in [3.63, 3.8) is 0 Å². The van der Waals surface area contributed by atoms with Gasteiger partial charge < -0.3 is 18.9 Å². The summed E-state index contributed by atoms with van der Waals surface area (Å²) in [5.41, 5.74) is 2.59. The molecule has 234 valence electrons. The fourth-order valence-corrected chi connectivity index (χ4v) is 7.32. The van der Waals surface area contributed by atoms with Gasteiger partial charge in [0.25, 0.3) is 5.56 Å². The Balaban J connectivity index is 1.58. The number of esters is 1. The van der Waals surface area contributed by atoms with Crippen LogP contribution < -0.4 is 29.1 Å². The highest BCUT2D eigenvalue weighted by molar-refractivity contribution is 9.10. The number of fused-ring (bicyclic) bond motifs is 1. The number of rotatable bonds is 9. The van der Waals surface area contributed by atoms with Crippen molar-refractivity contribution in [2.75, 3.05) is 20.8 Å². The largest absolute Gasteiger partial charge is 0.496 e. The summed E-state index contributed by atoms with van der Waals surface area (Å²) in [7, 11) is 3.10. The molecule has 5 rings (SSSR count). The zero-order valence-corrected chi connectivity index (χ0v) is 30.0. The molecule has 0 spiro atoms. The Labute approximate surface area is 289 Å². The average Bonchev–Trinajstić information content (AvgIpc) is 3.30. The fourth-order valence-electron chi connectivity index (χ4n) is 4.83. The highest BCUT2D eigenvalue weighted by Crippen LogP contribution is 2.36. The molecule has 8 nitrogen and oxygen atoms in total. The molecule has 0 fully saturated rings. The molecule has 4 aromatic rings. The van der Waals surface area contributed by atoms with Crippen LogP contribution in [0.3, 0.4) is 0 Å². The van der Waals surface area contributed by atoms with Crippen molar-refractivity contribution >= 4 is 78.4 Å². The van der Waals surface area contributed by atoms with E-state index in [0.29, 0.717) is 62.4 Å². The average molecular weight is 797 g/mol. The first-order valence-corrected chi connectivity index (χ1v) is 16.7. The number of allylic oxidation sites excluding steroid dienone is 1. The van der Waals surface area contributed by atoms with Gasteiger partial charge in [-0.2, -0.15) is 0 Å². The molecule has 45 heavy (non-hydrogen) atoms. The lowest BCUT2D eigenvalue weighted by atomic mass is 9.96. The van der Waals surface area contributed by atoms with Gasteiger partial charge in [-0.05, 0) is 83.4 Å². The maximum atomic E-state index is 14.1. The Kier molecular flexibility index (Phi) is 10.4. The molecule has 0 radical (unpaired) electrons. The molecule has 0 unspecified atom stereocenters. The number of hydrogen-bond donors (Lipinski definition) is 0. The quantitative estimate of drug-likeness (QED) is 0.166. The number of halogens is 4. The number of nitrogens with zero attached hydrogens (tertiary/aromatic N) is 2. The number of aromatic nitrogens is 1. The third kappa shape index (κ3) is 6.88. The summed E-state index contributed by atoms with van der Waals surface area (Å²) in [6.45, 7) is 3.85. The van der Waals surface area contributed by atoms with Crippen LogP contribution in [0, 0.1) is 0 Å². The number of benzene rings is 3. The van der Waals surface area contributed by atoms with Crippen molar-refractivity contribution in [3.8, 4) is 17.2 Å². The Morgan fingerprint density at radius 3 is 2.44 bits per heavy atom. The molecular weight excluding hydrogens is 771 g/mol. The van der Waals surface area contributed by atoms with Crippen molar-refractivity contribution < 1.29 is 23.7 Å². The van der Waals surface area contributed by atoms with Crippen LogP contribution in [0.1, 0.15) is 36.6 Å². The van der Waals surface area contributed by atoms with Crippen molar-refractivity contribution in [2.45, 2.75) is 26.5 Å². The van der Waals surface area contributed by atoms with Gasteiger partial charge in [-0.15, -0.1) is 0 Å². The van der Waals surface area contributed by atoms with E-state index in [4.69, 9.17) is 42.1 Å². The number of methoxy groups -OCH3 is 2. The minimum absolute atomic E-state index is 0.182. The van der Waals surface area contributed by atoms with E-state index in [-0.39, 0.29) is 24.3 Å². The van der Waals surface area contributed by atoms with Crippen molar-refractivity contribution in [1.29, 1.82) is 0 Å². The Morgan fingerprint density at radius 1 is 1.02 bits per heavy atom. The van der Waals surface area contributed by atoms with Gasteiger partial charge >= 0.3 is 5.97 Å². The van der Waals surface area contributed by atoms with Gasteiger partial charge in [0.2, 0.25) is 0 Å². The summed E-state index contributed by atoms with van der Waals surface area (Å²) in [5, 5.41) is 1.03. The highest BCUT2D eigenvalue weighted by Gasteiger charge is 2.33. The topological polar surface area (TPSA) is 88.4 Å². The molecule has 1 aliphatic heterocycles. The molecule has 0 bridgehead atoms. The molecule has 0 saturated carbocycles. The van der Waals surface area contributed by atoms with Gasteiger partial charge in [0.1, 0.15) is 12.4 Å². The predicted octanol–water partition coefficient (Wildman–Crippen LogP) is 7.23. The summed E-state index contributed by atoms with van der Waals surface area (Å²) in [5.74, 6) is 1.03. The van der Waals surface area contributed by atoms with E-state index in [1.807, 2.05) is 12.1 Å². The molecular formula is C32H26Br2Cl2N2O6S. The number of carbonyl (C=O) groups is 1. The van der Waals surface area contributed by atoms with Gasteiger partial charge in [-0.25, -0.2) is 9.79 Å². The third-order valence-corrected chi connectivity index (χ3v) is 9.85. The lowest BCUT2D eigenvalue weighted by Gasteiger charge is -2.25. The Bertz CT molecular complexity index is 2020. The molecule has 2 heterocycles. The molecule has 0 aliphatic carbocycles. The van der Waals surface area contributed by atoms with Crippen LogP contribution in [0.4, 0.5) is 0 Å². The van der Waals surface area contributed by atoms with Crippen LogP contribution in [0.2, 0.25) is 10.0 Å². The Morgan fingerprint density at radius 2 is 1.78 bits per heavy atom. The monoisotopic (exact) mass is 794 g/mol. The molecule has 0 amide bonds. The second-order valence-corrected chi connectivity index (χ2v) is 13.3. The van der Waals surface area contributed by atoms with Crippen LogP contribution in [0.5, 0.6) is 17.2 Å². The fraction of sp³-hybridized carbons (Fsp3) is 0.219. The van der Waals surface area contributed by atoms with Gasteiger partial charge in [0, 0.05) is 20.1 Å². The standard InChI is InChI=1S/C32H26Br2Cl2N2O6S/c1-5-43-31(40)28-16(2)37-32-38(29(28)17-7-9-24(41-3)22(34)10-17)30(39)27(45-32)12-19-11-25(42-4)26(14-21(19)33)44-15-18-6-8-20(35)13-23(18)36/h6-14,29H,5,15H2,1-4H3/b27-12+/t29-/m0/s1. The summed E-state index contributed by atoms with van der Waals surface area (Å²) in [6, 6.07) is 13.4. The van der Waals surface area contributed by atoms with E-state index in [1.165, 1.54) is 23.0 Å². The number of ether oxygens (including phenoxy) is 4. The van der Waals surface area contributed by atoms with Crippen LogP contribution in [-0.4, -0.2) is 31.4 Å². The number of carbonyl (C=O) groups excluding carboxylic acids is 1. The number of hydrogen-bond acceptors (Lipinski definition) is 8. The molecule has 3 aromatic carbocycles. The van der Waals surface area contributed by atoms with Crippen LogP contribution >= 0.6 is 66.4 Å². The second kappa shape index (κ2) is 14.1. The van der Waals surface area contributed by atoms with Gasteiger partial charge in [-0.3, -0.25) is 9.36 Å². The third-order valence-electron chi connectivity index (χ3n) is 6.98. The lowest BCUT2D eigenvalue weighted by molar-refractivity contribution is -0.139. The SMILES string of the molecule is CCOC(=O)C1=C(C)N=c2s/c(=C/c3cc(OC)c(OCc4ccc(Cl)cc4Cl)cc3Br)c(=O)n2[C@H]1c1ccc(OC)c(Br)c1. The maximum absolute atomic E-state index is 14.1. The molecule has 1 aliphatic rings. The maximum Gasteiger partial charge on any atom is 0.338 e. The molecule has 13 heteroatoms. The summed E-state index contributed by atoms with van der Waals surface area (Å²) < 4.78 is 25.7. The second-order valence-electron chi connectivity index (χ2n) is 9.75. The van der Waals surface area contributed by atoms with Gasteiger partial charge in [0.05, 0.1) is 47.1 Å². The first-order chi connectivity index (χ1) is 21.6. The highest BCUT2D eigenvalue weighted by atomic mass is 79.9. The van der Waals surface area contributed by atoms with E-state index in [0.717, 1.165) is 5.56 Å². The Hall–Kier alpha value is -3.09. The van der Waals surface area contributed by atoms with E-state index in [2.05, 4.69) is 36.9 Å². The predicted molar refractivity (Wildman–Crippen MR) is 183 cm³/mol. The lowest BCUT2D eigenvalue weighted by Crippen LogP contribution is -2.40. The minimum atomic E-state index is -0.766. The normalized spacial score (nSPS) is 14.6. The minimum Gasteiger partial charge on any atom is -0.496 e. The van der Waals surface area contributed by atoms with Crippen molar-refractivity contribution in [3.05, 3.63) is 115 Å². The zero-order valence-electron chi connectivity index (χ0n) is 24.5. The van der Waals surface area contributed by atoms with Crippen molar-refractivity contribution in [1.82, 2.24) is 4.57 Å². The molecule has 0 N–H and O–H groups in total. The number of thiazole rings is 1. The van der Waals surface area contributed by atoms with Gasteiger partial charge in [0.15, 0.2) is 16.3 Å². The van der Waals surface area contributed by atoms with Crippen LogP contribution in [0.15, 0.2) is 78.5 Å². The first kappa shape index (κ1) is 33.3. The molecule has 1 atom stereocenters. The first-order valence-electron chi connectivity index (χ1n) is 13.5. The van der Waals surface area contributed by atoms with Crippen molar-refractivity contribution in [2.24, 2.45) is 4.99 Å². The summed E-state index contributed by atoms with van der Waals surface area (Å²) >= 11 is 20.7. The summed E-state index contributed by atoms with van der Waals surface area (Å²) in [6.07, 6.45) is 1.75. The van der Waals surface area contributed by atoms with E-state index in [9.17, 15) is 9.59 Å². The molecule has 0 saturated heterocycles. The smallest absolute Gasteiger partial charge is 0.338 e. The van der Waals surface area contributed by atoms with Crippen LogP contribution in [-0.2, 0) is 16.1 Å². The molecule has 1 aromatic heterocycles. The van der Waals surface area contributed by atoms with Gasteiger partial charge in [-0.1, -0.05) is 62.6 Å². The van der Waals surface area contributed by atoms with E-state index < -0.39 is 12.0 Å². The van der Waals surface area contributed by atoms with E-state index >= 15 is 0 Å². The van der Waals surface area contributed by atoms with E-state index in [1.54, 1.807) is 63.4 Å². The van der Waals surface area contributed by atoms with Crippen LogP contribution in [0.25, 0.3) is 6.08 Å². The summed E-state index contributed by atoms with van der Waals surface area (Å²) in [4.78, 5) is 32.4. The zero-order chi connectivity index (χ0) is 32.4.